The Morgan fingerprint density at radius 2 is 2.23 bits per heavy atom. The number of likely N-dealkylation sites (tertiary alicyclic amines) is 1. The van der Waals surface area contributed by atoms with Crippen LogP contribution in [0.4, 0.5) is 0 Å². The fourth-order valence-corrected chi connectivity index (χ4v) is 2.83. The van der Waals surface area contributed by atoms with Crippen molar-refractivity contribution < 1.29 is 19.1 Å². The lowest BCUT2D eigenvalue weighted by molar-refractivity contribution is -0.138. The van der Waals surface area contributed by atoms with E-state index in [1.165, 1.54) is 6.26 Å². The number of furan rings is 1. The second-order valence-corrected chi connectivity index (χ2v) is 6.30. The molecule has 1 saturated heterocycles. The molecule has 122 valence electrons. The van der Waals surface area contributed by atoms with Crippen LogP contribution in [-0.2, 0) is 4.79 Å². The average Bonchev–Trinajstić information content (AvgIpc) is 3.12. The normalized spacial score (nSPS) is 18.5. The fraction of sp³-hybridized carbons (Fsp3) is 0.625. The zero-order chi connectivity index (χ0) is 16.3. The van der Waals surface area contributed by atoms with Gasteiger partial charge < -0.3 is 19.3 Å². The second kappa shape index (κ2) is 6.52. The Balaban J connectivity index is 2.12. The number of hydrogen-bond acceptors (Lipinski definition) is 4. The second-order valence-electron chi connectivity index (χ2n) is 6.30. The van der Waals surface area contributed by atoms with Gasteiger partial charge in [0.25, 0.3) is 5.91 Å². The van der Waals surface area contributed by atoms with E-state index in [-0.39, 0.29) is 24.1 Å². The smallest absolute Gasteiger partial charge is 0.290 e. The third-order valence-electron chi connectivity index (χ3n) is 3.80. The molecule has 0 bridgehead atoms. The van der Waals surface area contributed by atoms with Crippen molar-refractivity contribution in [2.24, 2.45) is 0 Å². The van der Waals surface area contributed by atoms with Crippen molar-refractivity contribution in [2.75, 3.05) is 19.6 Å². The van der Waals surface area contributed by atoms with Crippen LogP contribution in [0.25, 0.3) is 0 Å². The lowest BCUT2D eigenvalue weighted by Crippen LogP contribution is -2.51. The summed E-state index contributed by atoms with van der Waals surface area (Å²) >= 11 is 0. The van der Waals surface area contributed by atoms with E-state index in [2.05, 4.69) is 0 Å². The van der Waals surface area contributed by atoms with Crippen LogP contribution in [0.3, 0.4) is 0 Å². The molecule has 0 radical (unpaired) electrons. The van der Waals surface area contributed by atoms with Gasteiger partial charge in [-0.05, 0) is 45.7 Å². The molecule has 1 fully saturated rings. The highest BCUT2D eigenvalue weighted by Crippen LogP contribution is 2.23. The highest BCUT2D eigenvalue weighted by molar-refractivity contribution is 5.96. The highest BCUT2D eigenvalue weighted by Gasteiger charge is 2.38. The highest BCUT2D eigenvalue weighted by atomic mass is 16.3. The van der Waals surface area contributed by atoms with Gasteiger partial charge in [0.05, 0.1) is 11.9 Å². The van der Waals surface area contributed by atoms with Crippen LogP contribution >= 0.6 is 0 Å². The molecule has 0 spiro atoms. The first-order valence-corrected chi connectivity index (χ1v) is 7.69. The molecule has 1 N–H and O–H groups in total. The molecule has 1 unspecified atom stereocenters. The van der Waals surface area contributed by atoms with E-state index in [4.69, 9.17) is 4.42 Å². The van der Waals surface area contributed by atoms with Crippen molar-refractivity contribution in [1.29, 1.82) is 0 Å². The molecule has 2 heterocycles. The maximum absolute atomic E-state index is 12.7. The molecule has 0 saturated carbocycles. The van der Waals surface area contributed by atoms with Gasteiger partial charge in [0.2, 0.25) is 5.91 Å². The van der Waals surface area contributed by atoms with Crippen LogP contribution in [0.15, 0.2) is 22.8 Å². The zero-order valence-corrected chi connectivity index (χ0v) is 13.4. The Kier molecular flexibility index (Phi) is 4.90. The van der Waals surface area contributed by atoms with E-state index < -0.39 is 11.6 Å². The minimum absolute atomic E-state index is 0.109. The first-order chi connectivity index (χ1) is 10.3. The maximum atomic E-state index is 12.7. The third kappa shape index (κ3) is 3.68. The minimum Gasteiger partial charge on any atom is -0.459 e. The SMILES string of the molecule is CCN(CC(C)(C)O)C(=O)C1CCCN1C(=O)c1ccco1. The number of amides is 2. The molecule has 2 amide bonds. The number of aliphatic hydroxyl groups is 1. The molecule has 0 aromatic carbocycles. The number of hydrogen-bond donors (Lipinski definition) is 1. The predicted molar refractivity (Wildman–Crippen MR) is 81.3 cm³/mol. The van der Waals surface area contributed by atoms with Gasteiger partial charge in [0.1, 0.15) is 6.04 Å². The molecule has 1 atom stereocenters. The van der Waals surface area contributed by atoms with Crippen molar-refractivity contribution >= 4 is 11.8 Å². The Hall–Kier alpha value is -1.82. The van der Waals surface area contributed by atoms with E-state index in [0.29, 0.717) is 19.5 Å². The molecule has 6 heteroatoms. The molecule has 22 heavy (non-hydrogen) atoms. The topological polar surface area (TPSA) is 74.0 Å². The molecular weight excluding hydrogens is 284 g/mol. The van der Waals surface area contributed by atoms with Gasteiger partial charge in [-0.1, -0.05) is 0 Å². The summed E-state index contributed by atoms with van der Waals surface area (Å²) < 4.78 is 5.15. The van der Waals surface area contributed by atoms with Crippen LogP contribution in [0, 0.1) is 0 Å². The summed E-state index contributed by atoms with van der Waals surface area (Å²) in [5.41, 5.74) is -0.958. The summed E-state index contributed by atoms with van der Waals surface area (Å²) in [4.78, 5) is 28.3. The van der Waals surface area contributed by atoms with Crippen molar-refractivity contribution in [2.45, 2.75) is 45.3 Å². The number of rotatable bonds is 5. The minimum atomic E-state index is -0.958. The molecule has 1 aliphatic rings. The van der Waals surface area contributed by atoms with Crippen LogP contribution in [0.2, 0.25) is 0 Å². The summed E-state index contributed by atoms with van der Waals surface area (Å²) in [6.07, 6.45) is 2.89. The zero-order valence-electron chi connectivity index (χ0n) is 13.4. The van der Waals surface area contributed by atoms with Crippen LogP contribution < -0.4 is 0 Å². The largest absolute Gasteiger partial charge is 0.459 e. The van der Waals surface area contributed by atoms with E-state index >= 15 is 0 Å². The number of carbonyl (C=O) groups is 2. The summed E-state index contributed by atoms with van der Waals surface area (Å²) in [5, 5.41) is 9.95. The summed E-state index contributed by atoms with van der Waals surface area (Å²) in [6, 6.07) is 2.79. The Labute approximate surface area is 130 Å². The molecule has 1 aliphatic heterocycles. The number of likely N-dealkylation sites (N-methyl/N-ethyl adjacent to an activating group) is 1. The van der Waals surface area contributed by atoms with Gasteiger partial charge in [0, 0.05) is 19.6 Å². The van der Waals surface area contributed by atoms with Crippen LogP contribution in [-0.4, -0.2) is 58.0 Å². The van der Waals surface area contributed by atoms with E-state index in [1.807, 2.05) is 6.92 Å². The Morgan fingerprint density at radius 1 is 1.50 bits per heavy atom. The van der Waals surface area contributed by atoms with Crippen molar-refractivity contribution in [3.8, 4) is 0 Å². The van der Waals surface area contributed by atoms with Crippen LogP contribution in [0.1, 0.15) is 44.2 Å². The van der Waals surface area contributed by atoms with Gasteiger partial charge in [-0.2, -0.15) is 0 Å². The Bertz CT molecular complexity index is 519. The predicted octanol–water partition coefficient (Wildman–Crippen LogP) is 1.50. The standard InChI is InChI=1S/C16H24N2O4/c1-4-17(11-16(2,3)21)14(19)12-7-5-9-18(12)15(20)13-8-6-10-22-13/h6,8,10,12,21H,4-5,7,9,11H2,1-3H3. The molecule has 6 nitrogen and oxygen atoms in total. The summed E-state index contributed by atoms with van der Waals surface area (Å²) in [6.45, 7) is 6.52. The molecule has 1 aromatic rings. The average molecular weight is 308 g/mol. The van der Waals surface area contributed by atoms with E-state index in [1.54, 1.807) is 35.8 Å². The van der Waals surface area contributed by atoms with Gasteiger partial charge in [-0.25, -0.2) is 0 Å². The first-order valence-electron chi connectivity index (χ1n) is 7.69. The van der Waals surface area contributed by atoms with Crippen LogP contribution in [0.5, 0.6) is 0 Å². The molecule has 0 aliphatic carbocycles. The fourth-order valence-electron chi connectivity index (χ4n) is 2.83. The lowest BCUT2D eigenvalue weighted by Gasteiger charge is -2.32. The van der Waals surface area contributed by atoms with Crippen molar-refractivity contribution in [3.05, 3.63) is 24.2 Å². The van der Waals surface area contributed by atoms with Crippen molar-refractivity contribution in [3.63, 3.8) is 0 Å². The maximum Gasteiger partial charge on any atom is 0.290 e. The first kappa shape index (κ1) is 16.5. The van der Waals surface area contributed by atoms with Crippen molar-refractivity contribution in [1.82, 2.24) is 9.80 Å². The quantitative estimate of drug-likeness (QED) is 0.894. The third-order valence-corrected chi connectivity index (χ3v) is 3.80. The molecule has 1 aromatic heterocycles. The van der Waals surface area contributed by atoms with Gasteiger partial charge in [-0.15, -0.1) is 0 Å². The molecular formula is C16H24N2O4. The van der Waals surface area contributed by atoms with E-state index in [0.717, 1.165) is 6.42 Å². The lowest BCUT2D eigenvalue weighted by atomic mass is 10.1. The number of nitrogens with zero attached hydrogens (tertiary/aromatic N) is 2. The number of carbonyl (C=O) groups excluding carboxylic acids is 2. The summed E-state index contributed by atoms with van der Waals surface area (Å²) in [5.74, 6) is -0.104. The summed E-state index contributed by atoms with van der Waals surface area (Å²) in [7, 11) is 0. The Morgan fingerprint density at radius 3 is 2.77 bits per heavy atom. The van der Waals surface area contributed by atoms with Gasteiger partial charge in [-0.3, -0.25) is 9.59 Å². The molecule has 2 rings (SSSR count). The van der Waals surface area contributed by atoms with E-state index in [9.17, 15) is 14.7 Å². The van der Waals surface area contributed by atoms with Gasteiger partial charge in [0.15, 0.2) is 5.76 Å². The monoisotopic (exact) mass is 308 g/mol. The van der Waals surface area contributed by atoms with Gasteiger partial charge >= 0.3 is 0 Å².